The number of anilines is 3. The van der Waals surface area contributed by atoms with Crippen molar-refractivity contribution in [2.75, 3.05) is 30.4 Å². The fourth-order valence-corrected chi connectivity index (χ4v) is 3.96. The molecule has 34 heavy (non-hydrogen) atoms. The second-order valence-corrected chi connectivity index (χ2v) is 8.82. The van der Waals surface area contributed by atoms with Crippen LogP contribution < -0.4 is 26.4 Å². The average molecular weight is 462 g/mol. The Balaban J connectivity index is 1.72. The van der Waals surface area contributed by atoms with Gasteiger partial charge in [0.15, 0.2) is 0 Å². The lowest BCUT2D eigenvalue weighted by Crippen LogP contribution is -2.43. The van der Waals surface area contributed by atoms with Crippen LogP contribution in [0.3, 0.4) is 0 Å². The van der Waals surface area contributed by atoms with E-state index >= 15 is 0 Å². The molecule has 9 heteroatoms. The third-order valence-corrected chi connectivity index (χ3v) is 5.87. The van der Waals surface area contributed by atoms with E-state index in [1.54, 1.807) is 7.11 Å². The van der Waals surface area contributed by atoms with E-state index in [4.69, 9.17) is 21.2 Å². The van der Waals surface area contributed by atoms with Crippen LogP contribution in [0.2, 0.25) is 0 Å². The normalized spacial score (nSPS) is 15.9. The summed E-state index contributed by atoms with van der Waals surface area (Å²) in [6.07, 6.45) is 3.42. The molecule has 1 fully saturated rings. The summed E-state index contributed by atoms with van der Waals surface area (Å²) in [4.78, 5) is 28.0. The van der Waals surface area contributed by atoms with Gasteiger partial charge in [0.05, 0.1) is 12.8 Å². The van der Waals surface area contributed by atoms with Crippen molar-refractivity contribution >= 4 is 23.4 Å². The molecule has 1 saturated heterocycles. The fourth-order valence-electron chi connectivity index (χ4n) is 3.96. The molecule has 9 nitrogen and oxygen atoms in total. The second kappa shape index (κ2) is 10.0. The molecule has 5 N–H and O–H groups in total. The lowest BCUT2D eigenvalue weighted by Gasteiger charge is -2.31. The van der Waals surface area contributed by atoms with Gasteiger partial charge in [-0.2, -0.15) is 4.98 Å². The Hall–Kier alpha value is -3.72. The maximum absolute atomic E-state index is 12.1. The van der Waals surface area contributed by atoms with Crippen molar-refractivity contribution in [3.8, 4) is 17.0 Å². The minimum Gasteiger partial charge on any atom is -0.497 e. The smallest absolute Gasteiger partial charge is 0.254 e. The summed E-state index contributed by atoms with van der Waals surface area (Å²) in [7, 11) is 1.64. The van der Waals surface area contributed by atoms with Crippen molar-refractivity contribution in [3.05, 3.63) is 53.9 Å². The lowest BCUT2D eigenvalue weighted by molar-refractivity contribution is 0.100. The van der Waals surface area contributed by atoms with Crippen LogP contribution in [-0.4, -0.2) is 47.1 Å². The van der Waals surface area contributed by atoms with Crippen molar-refractivity contribution in [3.63, 3.8) is 0 Å². The van der Waals surface area contributed by atoms with Gasteiger partial charge in [0, 0.05) is 42.3 Å². The van der Waals surface area contributed by atoms with E-state index in [1.807, 2.05) is 41.3 Å². The Bertz CT molecular complexity index is 1160. The lowest BCUT2D eigenvalue weighted by atomic mass is 10.1. The number of carbonyl (C=O) groups is 1. The first-order valence-electron chi connectivity index (χ1n) is 11.4. The molecule has 1 aliphatic heterocycles. The van der Waals surface area contributed by atoms with Crippen molar-refractivity contribution in [1.29, 1.82) is 0 Å². The van der Waals surface area contributed by atoms with E-state index in [9.17, 15) is 4.79 Å². The zero-order valence-electron chi connectivity index (χ0n) is 19.8. The molecule has 0 radical (unpaired) electrons. The number of amides is 1. The van der Waals surface area contributed by atoms with Gasteiger partial charge in [-0.05, 0) is 55.2 Å². The number of aromatic nitrogens is 3. The molecule has 0 aliphatic carbocycles. The van der Waals surface area contributed by atoms with E-state index in [1.165, 1.54) is 6.20 Å². The molecule has 1 amide bonds. The first-order valence-corrected chi connectivity index (χ1v) is 11.4. The van der Waals surface area contributed by atoms with E-state index in [-0.39, 0.29) is 17.5 Å². The van der Waals surface area contributed by atoms with Crippen LogP contribution in [0.15, 0.2) is 42.6 Å². The monoisotopic (exact) mass is 461 g/mol. The first-order chi connectivity index (χ1) is 16.3. The maximum Gasteiger partial charge on any atom is 0.254 e. The molecule has 178 valence electrons. The van der Waals surface area contributed by atoms with E-state index in [0.29, 0.717) is 18.3 Å². The second-order valence-electron chi connectivity index (χ2n) is 8.82. The minimum atomic E-state index is -0.599. The largest absolute Gasteiger partial charge is 0.497 e. The predicted molar refractivity (Wildman–Crippen MR) is 134 cm³/mol. The van der Waals surface area contributed by atoms with Crippen molar-refractivity contribution < 1.29 is 9.53 Å². The van der Waals surface area contributed by atoms with Crippen LogP contribution in [0, 0.1) is 0 Å². The first kappa shape index (κ1) is 23.4. The van der Waals surface area contributed by atoms with Gasteiger partial charge in [-0.15, -0.1) is 0 Å². The standard InChI is InChI=1S/C25H31N7O2/c1-15(2)21-11-18(12-22(30-21)16-6-8-19(34-3)9-7-16)29-24-20(23(27)33)13-28-25(31-24)32-10-4-5-17(26)14-32/h6-9,11-13,15,17H,4-5,10,14,26H2,1-3H3,(H2,27,33)(H,28,29,30,31)/t17-/m0/s1. The highest BCUT2D eigenvalue weighted by Crippen LogP contribution is 2.29. The summed E-state index contributed by atoms with van der Waals surface area (Å²) in [5, 5.41) is 3.30. The number of primary amides is 1. The van der Waals surface area contributed by atoms with Gasteiger partial charge in [-0.25, -0.2) is 4.98 Å². The van der Waals surface area contributed by atoms with Gasteiger partial charge < -0.3 is 26.4 Å². The SMILES string of the molecule is COc1ccc(-c2cc(Nc3nc(N4CCC[C@H](N)C4)ncc3C(N)=O)cc(C(C)C)n2)cc1. The summed E-state index contributed by atoms with van der Waals surface area (Å²) >= 11 is 0. The van der Waals surface area contributed by atoms with E-state index in [0.717, 1.165) is 47.8 Å². The van der Waals surface area contributed by atoms with Crippen molar-refractivity contribution in [2.45, 2.75) is 38.6 Å². The highest BCUT2D eigenvalue weighted by molar-refractivity contribution is 5.98. The number of hydrogen-bond acceptors (Lipinski definition) is 8. The van der Waals surface area contributed by atoms with Crippen LogP contribution in [0.5, 0.6) is 5.75 Å². The van der Waals surface area contributed by atoms with Crippen LogP contribution in [0.25, 0.3) is 11.3 Å². The number of methoxy groups -OCH3 is 1. The molecule has 2 aromatic heterocycles. The third-order valence-electron chi connectivity index (χ3n) is 5.87. The zero-order chi connectivity index (χ0) is 24.2. The van der Waals surface area contributed by atoms with E-state index in [2.05, 4.69) is 29.1 Å². The molecule has 0 bridgehead atoms. The topological polar surface area (TPSA) is 132 Å². The van der Waals surface area contributed by atoms with Gasteiger partial charge in [0.2, 0.25) is 5.95 Å². The number of nitrogens with zero attached hydrogens (tertiary/aromatic N) is 4. The number of carbonyl (C=O) groups excluding carboxylic acids is 1. The summed E-state index contributed by atoms with van der Waals surface area (Å²) < 4.78 is 5.27. The van der Waals surface area contributed by atoms with Gasteiger partial charge in [0.1, 0.15) is 17.1 Å². The molecule has 0 unspecified atom stereocenters. The highest BCUT2D eigenvalue weighted by Gasteiger charge is 2.21. The van der Waals surface area contributed by atoms with Gasteiger partial charge in [-0.3, -0.25) is 9.78 Å². The number of nitrogens with two attached hydrogens (primary N) is 2. The Morgan fingerprint density at radius 2 is 1.97 bits per heavy atom. The minimum absolute atomic E-state index is 0.0745. The summed E-state index contributed by atoms with van der Waals surface area (Å²) in [6, 6.07) is 11.7. The third kappa shape index (κ3) is 5.26. The number of nitrogens with one attached hydrogen (secondary N) is 1. The molecule has 3 aromatic rings. The molecule has 1 aromatic carbocycles. The van der Waals surface area contributed by atoms with Crippen molar-refractivity contribution in [2.24, 2.45) is 11.5 Å². The van der Waals surface area contributed by atoms with Gasteiger partial charge >= 0.3 is 0 Å². The number of pyridine rings is 1. The molecule has 0 saturated carbocycles. The summed E-state index contributed by atoms with van der Waals surface area (Å²) in [6.45, 7) is 5.66. The van der Waals surface area contributed by atoms with Crippen LogP contribution in [0.1, 0.15) is 48.7 Å². The quantitative estimate of drug-likeness (QED) is 0.487. The maximum atomic E-state index is 12.1. The van der Waals surface area contributed by atoms with Crippen molar-refractivity contribution in [1.82, 2.24) is 15.0 Å². The number of piperidine rings is 1. The molecule has 1 aliphatic rings. The van der Waals surface area contributed by atoms with E-state index < -0.39 is 5.91 Å². The van der Waals surface area contributed by atoms with Crippen LogP contribution in [-0.2, 0) is 0 Å². The zero-order valence-corrected chi connectivity index (χ0v) is 19.8. The number of benzene rings is 1. The molecule has 0 spiro atoms. The highest BCUT2D eigenvalue weighted by atomic mass is 16.5. The Morgan fingerprint density at radius 1 is 1.21 bits per heavy atom. The predicted octanol–water partition coefficient (Wildman–Crippen LogP) is 3.44. The number of ether oxygens (including phenoxy) is 1. The molecular formula is C25H31N7O2. The van der Waals surface area contributed by atoms with Crippen LogP contribution >= 0.6 is 0 Å². The van der Waals surface area contributed by atoms with Crippen LogP contribution in [0.4, 0.5) is 17.5 Å². The van der Waals surface area contributed by atoms with Gasteiger partial charge in [0.25, 0.3) is 5.91 Å². The molecular weight excluding hydrogens is 430 g/mol. The Morgan fingerprint density at radius 3 is 2.62 bits per heavy atom. The fraction of sp³-hybridized carbons (Fsp3) is 0.360. The van der Waals surface area contributed by atoms with Gasteiger partial charge in [-0.1, -0.05) is 13.8 Å². The Kier molecular flexibility index (Phi) is 6.93. The number of rotatable bonds is 7. The summed E-state index contributed by atoms with van der Waals surface area (Å²) in [5.74, 6) is 1.26. The summed E-state index contributed by atoms with van der Waals surface area (Å²) in [5.41, 5.74) is 15.4. The average Bonchev–Trinajstić information content (AvgIpc) is 2.83. The molecule has 4 rings (SSSR count). The molecule has 3 heterocycles. The molecule has 1 atom stereocenters. The Labute approximate surface area is 199 Å². The number of hydrogen-bond donors (Lipinski definition) is 3.